The summed E-state index contributed by atoms with van der Waals surface area (Å²) in [6, 6.07) is 4.34. The first-order valence-electron chi connectivity index (χ1n) is 7.39. The molecule has 1 N–H and O–H groups in total. The Morgan fingerprint density at radius 3 is 3.00 bits per heavy atom. The maximum Gasteiger partial charge on any atom is 0.221 e. The highest BCUT2D eigenvalue weighted by Crippen LogP contribution is 2.08. The molecule has 0 saturated heterocycles. The quantitative estimate of drug-likeness (QED) is 0.810. The van der Waals surface area contributed by atoms with Crippen LogP contribution in [0.25, 0.3) is 0 Å². The first-order chi connectivity index (χ1) is 10.6. The molecule has 2 aromatic heterocycles. The standard InChI is InChI=1S/C16H22N4OS/c1-13(10-14-11-17-6-7-18-14)20(2)8-5-16(21)19-12-15-4-3-9-22-15/h3-4,6-7,9,11,13H,5,8,10,12H2,1-2H3,(H,19,21)/t13-/m0/s1. The molecule has 0 fully saturated rings. The lowest BCUT2D eigenvalue weighted by molar-refractivity contribution is -0.121. The number of nitrogens with zero attached hydrogens (tertiary/aromatic N) is 3. The number of hydrogen-bond acceptors (Lipinski definition) is 5. The lowest BCUT2D eigenvalue weighted by atomic mass is 10.1. The van der Waals surface area contributed by atoms with Crippen LogP contribution in [0.2, 0.25) is 0 Å². The summed E-state index contributed by atoms with van der Waals surface area (Å²) >= 11 is 1.66. The number of carbonyl (C=O) groups is 1. The fraction of sp³-hybridized carbons (Fsp3) is 0.438. The number of likely N-dealkylation sites (N-methyl/N-ethyl adjacent to an activating group) is 1. The van der Waals surface area contributed by atoms with Crippen molar-refractivity contribution in [2.45, 2.75) is 32.4 Å². The summed E-state index contributed by atoms with van der Waals surface area (Å²) in [4.78, 5) is 23.6. The summed E-state index contributed by atoms with van der Waals surface area (Å²) in [6.07, 6.45) is 6.52. The van der Waals surface area contributed by atoms with Crippen molar-refractivity contribution < 1.29 is 4.79 Å². The molecule has 2 rings (SSSR count). The minimum absolute atomic E-state index is 0.0898. The van der Waals surface area contributed by atoms with E-state index in [1.54, 1.807) is 29.9 Å². The van der Waals surface area contributed by atoms with Crippen molar-refractivity contribution >= 4 is 17.2 Å². The van der Waals surface area contributed by atoms with Gasteiger partial charge in [0.1, 0.15) is 0 Å². The first kappa shape index (κ1) is 16.6. The van der Waals surface area contributed by atoms with Crippen molar-refractivity contribution in [1.29, 1.82) is 0 Å². The van der Waals surface area contributed by atoms with Crippen LogP contribution in [0.4, 0.5) is 0 Å². The second-order valence-corrected chi connectivity index (χ2v) is 6.37. The fourth-order valence-corrected chi connectivity index (χ4v) is 2.72. The molecule has 5 nitrogen and oxygen atoms in total. The van der Waals surface area contributed by atoms with Gasteiger partial charge in [-0.2, -0.15) is 0 Å². The monoisotopic (exact) mass is 318 g/mol. The molecule has 2 heterocycles. The summed E-state index contributed by atoms with van der Waals surface area (Å²) in [5, 5.41) is 4.97. The Morgan fingerprint density at radius 2 is 2.32 bits per heavy atom. The Bertz CT molecular complexity index is 559. The van der Waals surface area contributed by atoms with E-state index in [0.717, 1.165) is 18.7 Å². The van der Waals surface area contributed by atoms with Crippen LogP contribution in [0.5, 0.6) is 0 Å². The van der Waals surface area contributed by atoms with Gasteiger partial charge in [0.05, 0.1) is 12.2 Å². The van der Waals surface area contributed by atoms with Crippen molar-refractivity contribution in [3.8, 4) is 0 Å². The topological polar surface area (TPSA) is 58.1 Å². The van der Waals surface area contributed by atoms with Crippen molar-refractivity contribution in [2.24, 2.45) is 0 Å². The lowest BCUT2D eigenvalue weighted by Crippen LogP contribution is -2.35. The highest BCUT2D eigenvalue weighted by atomic mass is 32.1. The number of nitrogens with one attached hydrogen (secondary N) is 1. The number of thiophene rings is 1. The third kappa shape index (κ3) is 5.54. The van der Waals surface area contributed by atoms with E-state index in [-0.39, 0.29) is 5.91 Å². The zero-order chi connectivity index (χ0) is 15.8. The van der Waals surface area contributed by atoms with Gasteiger partial charge in [-0.1, -0.05) is 6.07 Å². The van der Waals surface area contributed by atoms with Crippen molar-refractivity contribution in [3.63, 3.8) is 0 Å². The zero-order valence-electron chi connectivity index (χ0n) is 13.0. The van der Waals surface area contributed by atoms with Crippen LogP contribution in [-0.4, -0.2) is 40.4 Å². The van der Waals surface area contributed by atoms with E-state index in [1.807, 2.05) is 24.6 Å². The fourth-order valence-electron chi connectivity index (χ4n) is 2.08. The van der Waals surface area contributed by atoms with Gasteiger partial charge in [0.15, 0.2) is 0 Å². The highest BCUT2D eigenvalue weighted by Gasteiger charge is 2.12. The number of amides is 1. The van der Waals surface area contributed by atoms with Gasteiger partial charge in [0.2, 0.25) is 5.91 Å². The number of aromatic nitrogens is 2. The summed E-state index contributed by atoms with van der Waals surface area (Å²) in [5.74, 6) is 0.0898. The molecule has 2 aromatic rings. The normalized spacial score (nSPS) is 12.3. The molecule has 0 aliphatic rings. The van der Waals surface area contributed by atoms with Crippen LogP contribution in [0, 0.1) is 0 Å². The number of hydrogen-bond donors (Lipinski definition) is 1. The second-order valence-electron chi connectivity index (χ2n) is 5.34. The van der Waals surface area contributed by atoms with Crippen LogP contribution in [0.3, 0.4) is 0 Å². The van der Waals surface area contributed by atoms with E-state index < -0.39 is 0 Å². The Morgan fingerprint density at radius 1 is 1.45 bits per heavy atom. The summed E-state index contributed by atoms with van der Waals surface area (Å²) < 4.78 is 0. The molecular formula is C16H22N4OS. The molecule has 0 aliphatic heterocycles. The Labute approximate surface area is 135 Å². The minimum Gasteiger partial charge on any atom is -0.351 e. The van der Waals surface area contributed by atoms with Crippen LogP contribution >= 0.6 is 11.3 Å². The van der Waals surface area contributed by atoms with E-state index in [4.69, 9.17) is 0 Å². The maximum atomic E-state index is 11.9. The van der Waals surface area contributed by atoms with Crippen LogP contribution in [0.1, 0.15) is 23.9 Å². The number of carbonyl (C=O) groups excluding carboxylic acids is 1. The molecule has 6 heteroatoms. The van der Waals surface area contributed by atoms with E-state index in [0.29, 0.717) is 19.0 Å². The molecule has 0 unspecified atom stereocenters. The minimum atomic E-state index is 0.0898. The molecule has 118 valence electrons. The summed E-state index contributed by atoms with van der Waals surface area (Å²) in [6.45, 7) is 3.49. The van der Waals surface area contributed by atoms with Crippen molar-refractivity contribution in [3.05, 3.63) is 46.7 Å². The lowest BCUT2D eigenvalue weighted by Gasteiger charge is -2.24. The van der Waals surface area contributed by atoms with E-state index in [2.05, 4.69) is 27.1 Å². The molecule has 1 atom stereocenters. The summed E-state index contributed by atoms with van der Waals surface area (Å²) in [7, 11) is 2.04. The maximum absolute atomic E-state index is 11.9. The predicted molar refractivity (Wildman–Crippen MR) is 88.6 cm³/mol. The highest BCUT2D eigenvalue weighted by molar-refractivity contribution is 7.09. The predicted octanol–water partition coefficient (Wildman–Crippen LogP) is 2.11. The molecular weight excluding hydrogens is 296 g/mol. The molecule has 1 amide bonds. The van der Waals surface area contributed by atoms with E-state index in [1.165, 1.54) is 4.88 Å². The number of rotatable bonds is 8. The third-order valence-corrected chi connectivity index (χ3v) is 4.48. The van der Waals surface area contributed by atoms with E-state index >= 15 is 0 Å². The van der Waals surface area contributed by atoms with Crippen LogP contribution in [0.15, 0.2) is 36.1 Å². The van der Waals surface area contributed by atoms with Gasteiger partial charge in [-0.3, -0.25) is 14.8 Å². The molecule has 0 aromatic carbocycles. The van der Waals surface area contributed by atoms with Gasteiger partial charge in [-0.25, -0.2) is 0 Å². The van der Waals surface area contributed by atoms with Gasteiger partial charge in [-0.15, -0.1) is 11.3 Å². The molecule has 0 spiro atoms. The molecule has 0 bridgehead atoms. The molecule has 0 aliphatic carbocycles. The molecule has 0 radical (unpaired) electrons. The second kappa shape index (κ2) is 8.60. The van der Waals surface area contributed by atoms with Gasteiger partial charge < -0.3 is 10.2 Å². The van der Waals surface area contributed by atoms with Gasteiger partial charge >= 0.3 is 0 Å². The van der Waals surface area contributed by atoms with Gasteiger partial charge in [0, 0.05) is 48.9 Å². The summed E-state index contributed by atoms with van der Waals surface area (Å²) in [5.41, 5.74) is 0.976. The smallest absolute Gasteiger partial charge is 0.221 e. The van der Waals surface area contributed by atoms with Gasteiger partial charge in [0.25, 0.3) is 0 Å². The van der Waals surface area contributed by atoms with E-state index in [9.17, 15) is 4.79 Å². The largest absolute Gasteiger partial charge is 0.351 e. The molecule has 22 heavy (non-hydrogen) atoms. The van der Waals surface area contributed by atoms with Crippen molar-refractivity contribution in [2.75, 3.05) is 13.6 Å². The van der Waals surface area contributed by atoms with Crippen molar-refractivity contribution in [1.82, 2.24) is 20.2 Å². The first-order valence-corrected chi connectivity index (χ1v) is 8.27. The Hall–Kier alpha value is -1.79. The zero-order valence-corrected chi connectivity index (χ0v) is 13.8. The van der Waals surface area contributed by atoms with Crippen LogP contribution < -0.4 is 5.32 Å². The SMILES string of the molecule is C[C@@H](Cc1cnccn1)N(C)CCC(=O)NCc1cccs1. The average Bonchev–Trinajstić information content (AvgIpc) is 3.05. The van der Waals surface area contributed by atoms with Crippen LogP contribution in [-0.2, 0) is 17.8 Å². The molecule has 0 saturated carbocycles. The third-order valence-electron chi connectivity index (χ3n) is 3.61. The Kier molecular flexibility index (Phi) is 6.48. The Balaban J connectivity index is 1.67. The van der Waals surface area contributed by atoms with Gasteiger partial charge in [-0.05, 0) is 25.4 Å². The average molecular weight is 318 g/mol.